The molecule has 0 aliphatic heterocycles. The fourth-order valence-corrected chi connectivity index (χ4v) is 1.86. The van der Waals surface area contributed by atoms with Crippen molar-refractivity contribution in [3.63, 3.8) is 0 Å². The molecule has 0 aliphatic carbocycles. The van der Waals surface area contributed by atoms with Gasteiger partial charge in [0.2, 0.25) is 5.78 Å². The van der Waals surface area contributed by atoms with Crippen LogP contribution in [-0.2, 0) is 6.54 Å². The minimum absolute atomic E-state index is 0.108. The van der Waals surface area contributed by atoms with E-state index in [1.165, 1.54) is 0 Å². The summed E-state index contributed by atoms with van der Waals surface area (Å²) in [6.07, 6.45) is 1.61. The van der Waals surface area contributed by atoms with E-state index in [1.807, 2.05) is 6.92 Å². The average molecular weight is 269 g/mol. The van der Waals surface area contributed by atoms with Crippen LogP contribution in [0, 0.1) is 0 Å². The van der Waals surface area contributed by atoms with E-state index in [-0.39, 0.29) is 5.78 Å². The second-order valence-electron chi connectivity index (χ2n) is 3.49. The van der Waals surface area contributed by atoms with Crippen molar-refractivity contribution in [1.82, 2.24) is 9.78 Å². The smallest absolute Gasteiger partial charge is 0.211 e. The maximum Gasteiger partial charge on any atom is 0.211 e. The lowest BCUT2D eigenvalue weighted by atomic mass is 10.1. The number of carbonyl (C=O) groups excluding carboxylic acids is 1. The van der Waals surface area contributed by atoms with Gasteiger partial charge in [-0.2, -0.15) is 5.10 Å². The molecule has 0 unspecified atom stereocenters. The minimum Gasteiger partial charge on any atom is -0.287 e. The predicted octanol–water partition coefficient (Wildman–Crippen LogP) is 3.44. The molecule has 0 spiro atoms. The number of rotatable bonds is 3. The van der Waals surface area contributed by atoms with E-state index in [0.29, 0.717) is 27.8 Å². The van der Waals surface area contributed by atoms with Gasteiger partial charge in [-0.05, 0) is 31.2 Å². The van der Waals surface area contributed by atoms with Crippen LogP contribution >= 0.6 is 23.2 Å². The zero-order chi connectivity index (χ0) is 12.4. The van der Waals surface area contributed by atoms with Gasteiger partial charge in [0.25, 0.3) is 0 Å². The van der Waals surface area contributed by atoms with Crippen LogP contribution in [0.25, 0.3) is 0 Å². The van der Waals surface area contributed by atoms with Gasteiger partial charge >= 0.3 is 0 Å². The number of ketones is 1. The maximum atomic E-state index is 12.2. The Hall–Kier alpha value is -1.32. The SMILES string of the molecule is CCn1nccc1C(=O)c1ccc(Cl)c(Cl)c1. The third-order valence-corrected chi connectivity index (χ3v) is 3.17. The van der Waals surface area contributed by atoms with E-state index >= 15 is 0 Å². The lowest BCUT2D eigenvalue weighted by Gasteiger charge is -2.04. The van der Waals surface area contributed by atoms with Gasteiger partial charge < -0.3 is 0 Å². The zero-order valence-electron chi connectivity index (χ0n) is 9.15. The van der Waals surface area contributed by atoms with Crippen LogP contribution in [0.1, 0.15) is 23.0 Å². The minimum atomic E-state index is -0.108. The molecular formula is C12H10Cl2N2O. The van der Waals surface area contributed by atoms with Crippen LogP contribution in [0.15, 0.2) is 30.5 Å². The molecule has 3 nitrogen and oxygen atoms in total. The number of aryl methyl sites for hydroxylation is 1. The molecule has 0 fully saturated rings. The van der Waals surface area contributed by atoms with Crippen LogP contribution in [0.5, 0.6) is 0 Å². The van der Waals surface area contributed by atoms with Gasteiger partial charge in [0, 0.05) is 18.3 Å². The molecule has 17 heavy (non-hydrogen) atoms. The fraction of sp³-hybridized carbons (Fsp3) is 0.167. The molecule has 1 heterocycles. The van der Waals surface area contributed by atoms with E-state index < -0.39 is 0 Å². The Morgan fingerprint density at radius 2 is 2.06 bits per heavy atom. The Balaban J connectivity index is 2.40. The molecule has 5 heteroatoms. The van der Waals surface area contributed by atoms with Gasteiger partial charge in [-0.3, -0.25) is 9.48 Å². The van der Waals surface area contributed by atoms with Crippen LogP contribution in [-0.4, -0.2) is 15.6 Å². The van der Waals surface area contributed by atoms with Crippen molar-refractivity contribution in [2.45, 2.75) is 13.5 Å². The quantitative estimate of drug-likeness (QED) is 0.800. The van der Waals surface area contributed by atoms with E-state index in [4.69, 9.17) is 23.2 Å². The summed E-state index contributed by atoms with van der Waals surface area (Å²) in [5, 5.41) is 4.87. The van der Waals surface area contributed by atoms with E-state index in [2.05, 4.69) is 5.10 Å². The van der Waals surface area contributed by atoms with Crippen molar-refractivity contribution < 1.29 is 4.79 Å². The third-order valence-electron chi connectivity index (χ3n) is 2.43. The monoisotopic (exact) mass is 268 g/mol. The molecule has 0 radical (unpaired) electrons. The topological polar surface area (TPSA) is 34.9 Å². The number of halogens is 2. The first-order valence-corrected chi connectivity index (χ1v) is 5.90. The highest BCUT2D eigenvalue weighted by atomic mass is 35.5. The van der Waals surface area contributed by atoms with Crippen LogP contribution in [0.3, 0.4) is 0 Å². The Morgan fingerprint density at radius 1 is 1.29 bits per heavy atom. The summed E-state index contributed by atoms with van der Waals surface area (Å²) >= 11 is 11.7. The van der Waals surface area contributed by atoms with Gasteiger partial charge in [0.05, 0.1) is 10.0 Å². The molecule has 0 atom stereocenters. The van der Waals surface area contributed by atoms with Crippen molar-refractivity contribution in [1.29, 1.82) is 0 Å². The number of aromatic nitrogens is 2. The maximum absolute atomic E-state index is 12.2. The van der Waals surface area contributed by atoms with Crippen LogP contribution < -0.4 is 0 Å². The van der Waals surface area contributed by atoms with Crippen molar-refractivity contribution in [3.8, 4) is 0 Å². The molecule has 0 saturated heterocycles. The average Bonchev–Trinajstić information content (AvgIpc) is 2.80. The summed E-state index contributed by atoms with van der Waals surface area (Å²) in [6.45, 7) is 2.58. The Morgan fingerprint density at radius 3 is 2.71 bits per heavy atom. The first-order chi connectivity index (χ1) is 8.13. The zero-order valence-corrected chi connectivity index (χ0v) is 10.7. The van der Waals surface area contributed by atoms with Crippen LogP contribution in [0.4, 0.5) is 0 Å². The third kappa shape index (κ3) is 2.35. The van der Waals surface area contributed by atoms with Gasteiger partial charge in [0.1, 0.15) is 5.69 Å². The molecule has 0 N–H and O–H groups in total. The molecule has 2 rings (SSSR count). The Labute approximate surface area is 109 Å². The van der Waals surface area contributed by atoms with Gasteiger partial charge in [-0.1, -0.05) is 23.2 Å². The van der Waals surface area contributed by atoms with Crippen LogP contribution in [0.2, 0.25) is 10.0 Å². The van der Waals surface area contributed by atoms with Gasteiger partial charge in [-0.25, -0.2) is 0 Å². The number of nitrogens with zero attached hydrogens (tertiary/aromatic N) is 2. The summed E-state index contributed by atoms with van der Waals surface area (Å²) in [6, 6.07) is 6.53. The highest BCUT2D eigenvalue weighted by molar-refractivity contribution is 6.42. The number of carbonyl (C=O) groups is 1. The summed E-state index contributed by atoms with van der Waals surface area (Å²) in [5.74, 6) is -0.108. The van der Waals surface area contributed by atoms with Crippen molar-refractivity contribution in [2.24, 2.45) is 0 Å². The second kappa shape index (κ2) is 4.90. The molecule has 0 amide bonds. The van der Waals surface area contributed by atoms with Crippen molar-refractivity contribution >= 4 is 29.0 Å². The Kier molecular flexibility index (Phi) is 3.50. The second-order valence-corrected chi connectivity index (χ2v) is 4.30. The standard InChI is InChI=1S/C12H10Cl2N2O/c1-2-16-11(5-6-15-16)12(17)8-3-4-9(13)10(14)7-8/h3-7H,2H2,1H3. The largest absolute Gasteiger partial charge is 0.287 e. The van der Waals surface area contributed by atoms with Crippen molar-refractivity contribution in [3.05, 3.63) is 51.8 Å². The van der Waals surface area contributed by atoms with E-state index in [9.17, 15) is 4.79 Å². The summed E-state index contributed by atoms with van der Waals surface area (Å²) in [7, 11) is 0. The highest BCUT2D eigenvalue weighted by Gasteiger charge is 2.14. The molecule has 1 aromatic heterocycles. The van der Waals surface area contributed by atoms with Gasteiger partial charge in [-0.15, -0.1) is 0 Å². The molecule has 2 aromatic rings. The summed E-state index contributed by atoms with van der Waals surface area (Å²) in [4.78, 5) is 12.2. The number of benzene rings is 1. The number of hydrogen-bond acceptors (Lipinski definition) is 2. The normalized spacial score (nSPS) is 10.5. The molecule has 0 aliphatic rings. The van der Waals surface area contributed by atoms with Crippen molar-refractivity contribution in [2.75, 3.05) is 0 Å². The molecular weight excluding hydrogens is 259 g/mol. The lowest BCUT2D eigenvalue weighted by Crippen LogP contribution is -2.10. The van der Waals surface area contributed by atoms with E-state index in [1.54, 1.807) is 35.1 Å². The molecule has 0 bridgehead atoms. The number of hydrogen-bond donors (Lipinski definition) is 0. The molecule has 88 valence electrons. The fourth-order valence-electron chi connectivity index (χ4n) is 1.56. The highest BCUT2D eigenvalue weighted by Crippen LogP contribution is 2.23. The Bertz CT molecular complexity index is 563. The predicted molar refractivity (Wildman–Crippen MR) is 67.8 cm³/mol. The summed E-state index contributed by atoms with van der Waals surface area (Å²) < 4.78 is 1.64. The molecule has 1 aromatic carbocycles. The molecule has 0 saturated carbocycles. The summed E-state index contributed by atoms with van der Waals surface area (Å²) in [5.41, 5.74) is 1.06. The first kappa shape index (κ1) is 12.1. The first-order valence-electron chi connectivity index (χ1n) is 5.15. The van der Waals surface area contributed by atoms with E-state index in [0.717, 1.165) is 0 Å². The van der Waals surface area contributed by atoms with Gasteiger partial charge in [0.15, 0.2) is 0 Å². The lowest BCUT2D eigenvalue weighted by molar-refractivity contribution is 0.102.